The summed E-state index contributed by atoms with van der Waals surface area (Å²) in [6.07, 6.45) is 2.14. The Morgan fingerprint density at radius 3 is 2.44 bits per heavy atom. The summed E-state index contributed by atoms with van der Waals surface area (Å²) in [6.45, 7) is 12.7. The number of nitrogens with one attached hydrogen (secondary N) is 1. The lowest BCUT2D eigenvalue weighted by atomic mass is 10.1. The van der Waals surface area contributed by atoms with Gasteiger partial charge in [0.2, 0.25) is 6.41 Å². The monoisotopic (exact) mass is 364 g/mol. The van der Waals surface area contributed by atoms with Crippen LogP contribution in [0.5, 0.6) is 0 Å². The van der Waals surface area contributed by atoms with E-state index in [9.17, 15) is 4.79 Å². The molecule has 0 aliphatic carbocycles. The summed E-state index contributed by atoms with van der Waals surface area (Å²) in [7, 11) is 0. The topological polar surface area (TPSA) is 47.9 Å². The lowest BCUT2D eigenvalue weighted by molar-refractivity contribution is -0.109. The summed E-state index contributed by atoms with van der Waals surface area (Å²) in [5, 5.41) is 4.52. The predicted molar refractivity (Wildman–Crippen MR) is 106 cm³/mol. The third-order valence-corrected chi connectivity index (χ3v) is 4.23. The molecule has 138 valence electrons. The van der Waals surface area contributed by atoms with E-state index in [-0.39, 0.29) is 0 Å². The number of allylic oxidation sites excluding steroid dienone is 2. The summed E-state index contributed by atoms with van der Waals surface area (Å²) in [5.41, 5.74) is 5.85. The zero-order valence-electron chi connectivity index (χ0n) is 15.6. The van der Waals surface area contributed by atoms with E-state index in [4.69, 9.17) is 11.6 Å². The Bertz CT molecular complexity index is 589. The molecule has 0 unspecified atom stereocenters. The van der Waals surface area contributed by atoms with Gasteiger partial charge >= 0.3 is 0 Å². The number of benzene rings is 1. The molecular weight excluding hydrogens is 336 g/mol. The Labute approximate surface area is 156 Å². The fourth-order valence-corrected chi connectivity index (χ4v) is 2.86. The number of amides is 1. The van der Waals surface area contributed by atoms with E-state index in [0.29, 0.717) is 11.4 Å². The summed E-state index contributed by atoms with van der Waals surface area (Å²) >= 11 is 6.16. The van der Waals surface area contributed by atoms with Gasteiger partial charge in [0.15, 0.2) is 0 Å². The van der Waals surface area contributed by atoms with Crippen LogP contribution in [0, 0.1) is 6.92 Å². The Morgan fingerprint density at radius 1 is 1.24 bits per heavy atom. The van der Waals surface area contributed by atoms with Crippen molar-refractivity contribution in [2.75, 3.05) is 26.2 Å². The van der Waals surface area contributed by atoms with Crippen molar-refractivity contribution in [1.29, 1.82) is 0 Å². The molecule has 25 heavy (non-hydrogen) atoms. The molecule has 1 saturated heterocycles. The van der Waals surface area contributed by atoms with Gasteiger partial charge < -0.3 is 4.90 Å². The first-order valence-corrected chi connectivity index (χ1v) is 9.10. The van der Waals surface area contributed by atoms with E-state index < -0.39 is 0 Å². The van der Waals surface area contributed by atoms with E-state index in [1.54, 1.807) is 6.21 Å². The molecule has 2 rings (SSSR count). The Hall–Kier alpha value is -1.85. The molecule has 1 aliphatic rings. The van der Waals surface area contributed by atoms with E-state index in [2.05, 4.69) is 51.5 Å². The summed E-state index contributed by atoms with van der Waals surface area (Å²) in [6, 6.07) is 8.50. The average Bonchev–Trinajstić information content (AvgIpc) is 2.63. The van der Waals surface area contributed by atoms with Gasteiger partial charge in [-0.15, -0.1) is 0 Å². The van der Waals surface area contributed by atoms with Crippen molar-refractivity contribution >= 4 is 24.2 Å². The normalized spacial score (nSPS) is 16.1. The number of hydrogen-bond donors (Lipinski definition) is 1. The maximum atomic E-state index is 10.3. The van der Waals surface area contributed by atoms with Crippen molar-refractivity contribution in [2.24, 2.45) is 5.10 Å². The molecule has 1 aromatic carbocycles. The number of piperazine rings is 1. The third-order valence-electron chi connectivity index (χ3n) is 4.04. The second-order valence-electron chi connectivity index (χ2n) is 5.61. The van der Waals surface area contributed by atoms with Gasteiger partial charge in [-0.1, -0.05) is 49.7 Å². The van der Waals surface area contributed by atoms with Crippen LogP contribution in [0.4, 0.5) is 0 Å². The number of rotatable bonds is 6. The molecule has 0 spiro atoms. The SMILES string of the molecule is C/C(Cl)=C(\C=N/NC=O)N1CCN(Cc2ccccc2C)CC1.CC. The van der Waals surface area contributed by atoms with Crippen molar-refractivity contribution in [3.05, 3.63) is 46.1 Å². The largest absolute Gasteiger partial charge is 0.367 e. The second kappa shape index (κ2) is 11.7. The fourth-order valence-electron chi connectivity index (χ4n) is 2.69. The van der Waals surface area contributed by atoms with Crippen LogP contribution in [0.3, 0.4) is 0 Å². The Balaban J connectivity index is 0.00000151. The van der Waals surface area contributed by atoms with E-state index in [1.165, 1.54) is 11.1 Å². The third kappa shape index (κ3) is 6.88. The number of hydrogen-bond acceptors (Lipinski definition) is 4. The first-order valence-electron chi connectivity index (χ1n) is 8.72. The van der Waals surface area contributed by atoms with Gasteiger partial charge in [0.05, 0.1) is 11.9 Å². The molecule has 0 bridgehead atoms. The van der Waals surface area contributed by atoms with Crippen LogP contribution in [-0.4, -0.2) is 48.6 Å². The number of hydrazone groups is 1. The molecule has 5 nitrogen and oxygen atoms in total. The standard InChI is InChI=1S/C17H23ClN4O.C2H6/c1-14-5-3-4-6-16(14)12-21-7-9-22(10-8-21)17(15(2)18)11-19-20-13-23;1-2/h3-6,11,13H,7-10,12H2,1-2H3,(H,20,23);1-2H3/b17-15-,19-11-;. The molecule has 1 fully saturated rings. The van der Waals surface area contributed by atoms with Gasteiger partial charge in [-0.25, -0.2) is 5.43 Å². The highest BCUT2D eigenvalue weighted by atomic mass is 35.5. The van der Waals surface area contributed by atoms with Crippen LogP contribution in [0.2, 0.25) is 0 Å². The van der Waals surface area contributed by atoms with Gasteiger partial charge in [0, 0.05) is 37.8 Å². The van der Waals surface area contributed by atoms with Gasteiger partial charge in [-0.05, 0) is 25.0 Å². The fraction of sp³-hybridized carbons (Fsp3) is 0.474. The van der Waals surface area contributed by atoms with E-state index in [0.717, 1.165) is 38.4 Å². The minimum absolute atomic E-state index is 0.540. The van der Waals surface area contributed by atoms with Gasteiger partial charge in [-0.3, -0.25) is 9.69 Å². The average molecular weight is 365 g/mol. The highest BCUT2D eigenvalue weighted by Gasteiger charge is 2.19. The van der Waals surface area contributed by atoms with Gasteiger partial charge in [0.25, 0.3) is 0 Å². The lowest BCUT2D eigenvalue weighted by Gasteiger charge is -2.36. The van der Waals surface area contributed by atoms with Crippen molar-refractivity contribution in [2.45, 2.75) is 34.2 Å². The molecule has 0 atom stereocenters. The van der Waals surface area contributed by atoms with Crippen molar-refractivity contribution in [3.8, 4) is 0 Å². The van der Waals surface area contributed by atoms with Crippen LogP contribution >= 0.6 is 11.6 Å². The Kier molecular flexibility index (Phi) is 9.88. The molecule has 1 aliphatic heterocycles. The quantitative estimate of drug-likeness (QED) is 0.478. The molecular formula is C19H29ClN4O. The number of halogens is 1. The second-order valence-corrected chi connectivity index (χ2v) is 6.18. The molecule has 0 radical (unpaired) electrons. The molecule has 1 amide bonds. The van der Waals surface area contributed by atoms with Crippen LogP contribution in [-0.2, 0) is 11.3 Å². The van der Waals surface area contributed by atoms with Crippen LogP contribution in [0.25, 0.3) is 0 Å². The van der Waals surface area contributed by atoms with Crippen molar-refractivity contribution < 1.29 is 4.79 Å². The zero-order valence-corrected chi connectivity index (χ0v) is 16.4. The summed E-state index contributed by atoms with van der Waals surface area (Å²) < 4.78 is 0. The zero-order chi connectivity index (χ0) is 18.7. The summed E-state index contributed by atoms with van der Waals surface area (Å²) in [4.78, 5) is 14.9. The first kappa shape index (κ1) is 21.2. The smallest absolute Gasteiger partial charge is 0.227 e. The number of carbonyl (C=O) groups is 1. The first-order chi connectivity index (χ1) is 12.1. The number of nitrogens with zero attached hydrogens (tertiary/aromatic N) is 3. The molecule has 1 heterocycles. The molecule has 1 N–H and O–H groups in total. The minimum atomic E-state index is 0.540. The molecule has 6 heteroatoms. The van der Waals surface area contributed by atoms with E-state index >= 15 is 0 Å². The summed E-state index contributed by atoms with van der Waals surface area (Å²) in [5.74, 6) is 0. The van der Waals surface area contributed by atoms with Crippen LogP contribution in [0.15, 0.2) is 40.1 Å². The van der Waals surface area contributed by atoms with Crippen molar-refractivity contribution in [3.63, 3.8) is 0 Å². The number of aryl methyl sites for hydroxylation is 1. The predicted octanol–water partition coefficient (Wildman–Crippen LogP) is 3.34. The van der Waals surface area contributed by atoms with Gasteiger partial charge in [0.1, 0.15) is 0 Å². The highest BCUT2D eigenvalue weighted by molar-refractivity contribution is 6.30. The minimum Gasteiger partial charge on any atom is -0.367 e. The molecule has 0 saturated carbocycles. The molecule has 0 aromatic heterocycles. The maximum absolute atomic E-state index is 10.3. The van der Waals surface area contributed by atoms with Gasteiger partial charge in [-0.2, -0.15) is 5.10 Å². The van der Waals surface area contributed by atoms with Crippen molar-refractivity contribution in [1.82, 2.24) is 15.2 Å². The van der Waals surface area contributed by atoms with Crippen LogP contribution in [0.1, 0.15) is 31.9 Å². The lowest BCUT2D eigenvalue weighted by Crippen LogP contribution is -2.45. The van der Waals surface area contributed by atoms with E-state index in [1.807, 2.05) is 20.8 Å². The maximum Gasteiger partial charge on any atom is 0.227 e. The molecule has 1 aromatic rings. The number of carbonyl (C=O) groups excluding carboxylic acids is 1. The van der Waals surface area contributed by atoms with Crippen LogP contribution < -0.4 is 5.43 Å². The Morgan fingerprint density at radius 2 is 1.88 bits per heavy atom. The highest BCUT2D eigenvalue weighted by Crippen LogP contribution is 2.17.